The number of amides is 1. The summed E-state index contributed by atoms with van der Waals surface area (Å²) in [5.41, 5.74) is 7.11. The number of halogens is 1. The van der Waals surface area contributed by atoms with E-state index in [9.17, 15) is 4.79 Å². The fourth-order valence-electron chi connectivity index (χ4n) is 3.12. The van der Waals surface area contributed by atoms with Crippen molar-refractivity contribution in [3.63, 3.8) is 0 Å². The average Bonchev–Trinajstić information content (AvgIpc) is 3.25. The first-order valence-corrected chi connectivity index (χ1v) is 7.65. The van der Waals surface area contributed by atoms with Crippen LogP contribution in [0.5, 0.6) is 5.75 Å². The molecule has 0 aliphatic heterocycles. The predicted molar refractivity (Wildman–Crippen MR) is 91.5 cm³/mol. The highest BCUT2D eigenvalue weighted by Crippen LogP contribution is 2.32. The molecule has 1 amide bonds. The molecule has 24 heavy (non-hydrogen) atoms. The van der Waals surface area contributed by atoms with Crippen molar-refractivity contribution in [1.82, 2.24) is 20.2 Å². The van der Waals surface area contributed by atoms with Crippen LogP contribution in [0.25, 0.3) is 5.69 Å². The summed E-state index contributed by atoms with van der Waals surface area (Å²) in [5, 5.41) is 14.1. The molecule has 0 saturated heterocycles. The third-order valence-corrected chi connectivity index (χ3v) is 4.34. The zero-order chi connectivity index (χ0) is 16.2. The van der Waals surface area contributed by atoms with Gasteiger partial charge in [0, 0.05) is 11.6 Å². The topological polar surface area (TPSA) is 108 Å². The van der Waals surface area contributed by atoms with Crippen molar-refractivity contribution in [3.05, 3.63) is 24.5 Å². The standard InChI is InChI=1S/C15H20N6O2.ClH/c1-23-14-6-5-11(7-13(14)21-9-17-19-20-21)18-15(22)12-4-2-3-10(12)8-16;/h5-7,9-10,12H,2-4,8,16H2,1H3,(H,18,22);1H/t10-,12-;/m1./s1. The summed E-state index contributed by atoms with van der Waals surface area (Å²) in [7, 11) is 1.58. The molecule has 1 saturated carbocycles. The summed E-state index contributed by atoms with van der Waals surface area (Å²) in [5.74, 6) is 0.896. The van der Waals surface area contributed by atoms with Crippen molar-refractivity contribution in [1.29, 1.82) is 0 Å². The van der Waals surface area contributed by atoms with E-state index in [1.165, 1.54) is 11.0 Å². The minimum atomic E-state index is -0.0152. The monoisotopic (exact) mass is 352 g/mol. The Morgan fingerprint density at radius 1 is 1.46 bits per heavy atom. The molecule has 1 heterocycles. The molecule has 1 aliphatic rings. The highest BCUT2D eigenvalue weighted by atomic mass is 35.5. The van der Waals surface area contributed by atoms with Gasteiger partial charge >= 0.3 is 0 Å². The Balaban J connectivity index is 0.00000208. The predicted octanol–water partition coefficient (Wildman–Crippen LogP) is 1.41. The molecule has 0 radical (unpaired) electrons. The van der Waals surface area contributed by atoms with Crippen LogP contribution in [-0.4, -0.2) is 39.8 Å². The maximum Gasteiger partial charge on any atom is 0.227 e. The number of hydrogen-bond acceptors (Lipinski definition) is 6. The summed E-state index contributed by atoms with van der Waals surface area (Å²) in [6.45, 7) is 0.552. The van der Waals surface area contributed by atoms with E-state index in [1.54, 1.807) is 25.3 Å². The summed E-state index contributed by atoms with van der Waals surface area (Å²) in [6, 6.07) is 5.37. The molecule has 3 N–H and O–H groups in total. The maximum absolute atomic E-state index is 12.5. The van der Waals surface area contributed by atoms with E-state index in [0.29, 0.717) is 23.7 Å². The van der Waals surface area contributed by atoms with E-state index in [1.807, 2.05) is 0 Å². The van der Waals surface area contributed by atoms with E-state index in [4.69, 9.17) is 10.5 Å². The minimum Gasteiger partial charge on any atom is -0.494 e. The zero-order valence-electron chi connectivity index (χ0n) is 13.4. The third kappa shape index (κ3) is 3.65. The quantitative estimate of drug-likeness (QED) is 0.842. The summed E-state index contributed by atoms with van der Waals surface area (Å²) >= 11 is 0. The van der Waals surface area contributed by atoms with Crippen LogP contribution in [0.4, 0.5) is 5.69 Å². The number of hydrogen-bond donors (Lipinski definition) is 2. The van der Waals surface area contributed by atoms with Gasteiger partial charge in [0.05, 0.1) is 7.11 Å². The molecular weight excluding hydrogens is 332 g/mol. The Hall–Kier alpha value is -2.19. The molecule has 8 nitrogen and oxygen atoms in total. The first kappa shape index (κ1) is 18.2. The van der Waals surface area contributed by atoms with Gasteiger partial charge in [-0.15, -0.1) is 17.5 Å². The SMILES string of the molecule is COc1ccc(NC(=O)[C@@H]2CCC[C@@H]2CN)cc1-n1cnnn1.Cl. The van der Waals surface area contributed by atoms with E-state index < -0.39 is 0 Å². The van der Waals surface area contributed by atoms with E-state index in [0.717, 1.165) is 19.3 Å². The lowest BCUT2D eigenvalue weighted by Gasteiger charge is -2.18. The molecule has 1 aromatic heterocycles. The molecule has 1 aliphatic carbocycles. The summed E-state index contributed by atoms with van der Waals surface area (Å²) < 4.78 is 6.81. The van der Waals surface area contributed by atoms with Crippen LogP contribution >= 0.6 is 12.4 Å². The molecule has 0 spiro atoms. The number of carbonyl (C=O) groups is 1. The van der Waals surface area contributed by atoms with Gasteiger partial charge in [-0.25, -0.2) is 0 Å². The number of tetrazole rings is 1. The van der Waals surface area contributed by atoms with Crippen LogP contribution in [0.1, 0.15) is 19.3 Å². The molecule has 0 bridgehead atoms. The van der Waals surface area contributed by atoms with Crippen LogP contribution in [0.2, 0.25) is 0 Å². The van der Waals surface area contributed by atoms with Gasteiger partial charge in [0.15, 0.2) is 0 Å². The first-order chi connectivity index (χ1) is 11.2. The molecule has 2 aromatic rings. The van der Waals surface area contributed by atoms with Crippen LogP contribution in [0.3, 0.4) is 0 Å². The Morgan fingerprint density at radius 3 is 2.96 bits per heavy atom. The normalized spacial score (nSPS) is 19.6. The molecule has 3 rings (SSSR count). The van der Waals surface area contributed by atoms with Gasteiger partial charge in [-0.3, -0.25) is 4.79 Å². The molecule has 0 unspecified atom stereocenters. The van der Waals surface area contributed by atoms with Gasteiger partial charge in [0.25, 0.3) is 0 Å². The van der Waals surface area contributed by atoms with Crippen molar-refractivity contribution in [3.8, 4) is 11.4 Å². The Kier molecular flexibility index (Phi) is 6.10. The van der Waals surface area contributed by atoms with Gasteiger partial charge in [-0.1, -0.05) is 6.42 Å². The number of nitrogens with one attached hydrogen (secondary N) is 1. The summed E-state index contributed by atoms with van der Waals surface area (Å²) in [6.07, 6.45) is 4.44. The fraction of sp³-hybridized carbons (Fsp3) is 0.467. The van der Waals surface area contributed by atoms with Gasteiger partial charge in [0.1, 0.15) is 17.8 Å². The molecule has 9 heteroatoms. The van der Waals surface area contributed by atoms with Crippen molar-refractivity contribution in [2.24, 2.45) is 17.6 Å². The molecule has 1 aromatic carbocycles. The Labute approximate surface area is 146 Å². The van der Waals surface area contributed by atoms with E-state index in [2.05, 4.69) is 20.8 Å². The number of nitrogens with two attached hydrogens (primary N) is 1. The zero-order valence-corrected chi connectivity index (χ0v) is 14.2. The van der Waals surface area contributed by atoms with Gasteiger partial charge in [-0.05, 0) is 53.9 Å². The number of nitrogens with zero attached hydrogens (tertiary/aromatic N) is 4. The second-order valence-electron chi connectivity index (χ2n) is 5.66. The van der Waals surface area contributed by atoms with Crippen LogP contribution in [0, 0.1) is 11.8 Å². The largest absolute Gasteiger partial charge is 0.494 e. The van der Waals surface area contributed by atoms with Crippen molar-refractivity contribution >= 4 is 24.0 Å². The lowest BCUT2D eigenvalue weighted by molar-refractivity contribution is -0.120. The smallest absolute Gasteiger partial charge is 0.227 e. The molecule has 1 fully saturated rings. The Morgan fingerprint density at radius 2 is 2.29 bits per heavy atom. The number of carbonyl (C=O) groups excluding carboxylic acids is 1. The van der Waals surface area contributed by atoms with Crippen molar-refractivity contribution < 1.29 is 9.53 Å². The van der Waals surface area contributed by atoms with Crippen LogP contribution in [-0.2, 0) is 4.79 Å². The van der Waals surface area contributed by atoms with E-state index in [-0.39, 0.29) is 30.2 Å². The number of anilines is 1. The molecule has 130 valence electrons. The second-order valence-corrected chi connectivity index (χ2v) is 5.66. The number of rotatable bonds is 5. The lowest BCUT2D eigenvalue weighted by Crippen LogP contribution is -2.29. The lowest BCUT2D eigenvalue weighted by atomic mass is 9.95. The molecule has 2 atom stereocenters. The maximum atomic E-state index is 12.5. The van der Waals surface area contributed by atoms with Crippen LogP contribution in [0.15, 0.2) is 24.5 Å². The minimum absolute atomic E-state index is 0. The van der Waals surface area contributed by atoms with Crippen LogP contribution < -0.4 is 15.8 Å². The van der Waals surface area contributed by atoms with Gasteiger partial charge < -0.3 is 15.8 Å². The second kappa shape index (κ2) is 8.07. The number of aromatic nitrogens is 4. The van der Waals surface area contributed by atoms with Crippen molar-refractivity contribution in [2.45, 2.75) is 19.3 Å². The number of benzene rings is 1. The first-order valence-electron chi connectivity index (χ1n) is 7.65. The highest BCUT2D eigenvalue weighted by Gasteiger charge is 2.31. The average molecular weight is 353 g/mol. The van der Waals surface area contributed by atoms with Crippen molar-refractivity contribution in [2.75, 3.05) is 19.0 Å². The number of methoxy groups -OCH3 is 1. The third-order valence-electron chi connectivity index (χ3n) is 4.34. The Bertz CT molecular complexity index is 679. The molecular formula is C15H21ClN6O2. The number of ether oxygens (including phenoxy) is 1. The van der Waals surface area contributed by atoms with E-state index >= 15 is 0 Å². The van der Waals surface area contributed by atoms with Gasteiger partial charge in [-0.2, -0.15) is 4.68 Å². The summed E-state index contributed by atoms with van der Waals surface area (Å²) in [4.78, 5) is 12.5. The van der Waals surface area contributed by atoms with Gasteiger partial charge in [0.2, 0.25) is 5.91 Å². The fourth-order valence-corrected chi connectivity index (χ4v) is 3.12. The highest BCUT2D eigenvalue weighted by molar-refractivity contribution is 5.93.